The third-order valence-electron chi connectivity index (χ3n) is 3.10. The van der Waals surface area contributed by atoms with Crippen LogP contribution in [0.15, 0.2) is 42.5 Å². The highest BCUT2D eigenvalue weighted by molar-refractivity contribution is 6.01. The first kappa shape index (κ1) is 13.5. The minimum Gasteiger partial charge on any atom is -0.338 e. The fourth-order valence-electron chi connectivity index (χ4n) is 2.17. The molecule has 0 saturated carbocycles. The number of nitro groups is 2. The standard InChI is InChI=1S/C13H9N5O4/c19-17(20)10-7-6-9-11(12(10)18(21)22)13(16-15-9)14-8-4-2-1-3-5-8/h1-7H,(H2,14,15,16). The highest BCUT2D eigenvalue weighted by atomic mass is 16.6. The van der Waals surface area contributed by atoms with Gasteiger partial charge < -0.3 is 5.32 Å². The molecule has 1 aromatic heterocycles. The van der Waals surface area contributed by atoms with Gasteiger partial charge in [0.05, 0.1) is 15.4 Å². The summed E-state index contributed by atoms with van der Waals surface area (Å²) in [5.41, 5.74) is -0.155. The lowest BCUT2D eigenvalue weighted by Crippen LogP contribution is -1.98. The molecule has 2 aromatic carbocycles. The Morgan fingerprint density at radius 1 is 1.00 bits per heavy atom. The SMILES string of the molecule is O=[N+]([O-])c1ccc2[nH]nc(Nc3ccccc3)c2c1[N+](=O)[O-]. The lowest BCUT2D eigenvalue weighted by atomic mass is 10.1. The van der Waals surface area contributed by atoms with Crippen molar-refractivity contribution in [2.45, 2.75) is 0 Å². The van der Waals surface area contributed by atoms with Crippen molar-refractivity contribution in [1.82, 2.24) is 10.2 Å². The number of aromatic nitrogens is 2. The molecule has 0 radical (unpaired) electrons. The molecule has 0 spiro atoms. The average molecular weight is 299 g/mol. The Morgan fingerprint density at radius 3 is 2.36 bits per heavy atom. The summed E-state index contributed by atoms with van der Waals surface area (Å²) in [4.78, 5) is 20.7. The van der Waals surface area contributed by atoms with Gasteiger partial charge in [-0.3, -0.25) is 25.3 Å². The van der Waals surface area contributed by atoms with Gasteiger partial charge in [0.25, 0.3) is 0 Å². The summed E-state index contributed by atoms with van der Waals surface area (Å²) in [6, 6.07) is 11.4. The summed E-state index contributed by atoms with van der Waals surface area (Å²) >= 11 is 0. The number of hydrogen-bond donors (Lipinski definition) is 2. The summed E-state index contributed by atoms with van der Waals surface area (Å²) in [5, 5.41) is 31.9. The molecule has 0 amide bonds. The molecule has 22 heavy (non-hydrogen) atoms. The van der Waals surface area contributed by atoms with Gasteiger partial charge in [0.15, 0.2) is 5.82 Å². The first-order chi connectivity index (χ1) is 10.6. The molecule has 2 N–H and O–H groups in total. The molecule has 110 valence electrons. The topological polar surface area (TPSA) is 127 Å². The van der Waals surface area contributed by atoms with Crippen LogP contribution in [0, 0.1) is 20.2 Å². The van der Waals surface area contributed by atoms with E-state index in [0.717, 1.165) is 6.07 Å². The molecule has 3 rings (SSSR count). The van der Waals surface area contributed by atoms with Gasteiger partial charge >= 0.3 is 11.4 Å². The van der Waals surface area contributed by atoms with E-state index >= 15 is 0 Å². The van der Waals surface area contributed by atoms with E-state index in [4.69, 9.17) is 0 Å². The second kappa shape index (κ2) is 5.13. The Bertz CT molecular complexity index is 875. The molecule has 0 bridgehead atoms. The predicted octanol–water partition coefficient (Wildman–Crippen LogP) is 3.12. The third-order valence-corrected chi connectivity index (χ3v) is 3.10. The van der Waals surface area contributed by atoms with Gasteiger partial charge in [0, 0.05) is 11.8 Å². The average Bonchev–Trinajstić information content (AvgIpc) is 2.90. The van der Waals surface area contributed by atoms with E-state index in [2.05, 4.69) is 15.5 Å². The van der Waals surface area contributed by atoms with Crippen LogP contribution in [0.5, 0.6) is 0 Å². The van der Waals surface area contributed by atoms with Gasteiger partial charge in [0.1, 0.15) is 5.39 Å². The number of hydrogen-bond acceptors (Lipinski definition) is 6. The van der Waals surface area contributed by atoms with Crippen molar-refractivity contribution in [2.75, 3.05) is 5.32 Å². The van der Waals surface area contributed by atoms with Crippen LogP contribution in [-0.2, 0) is 0 Å². The van der Waals surface area contributed by atoms with Crippen LogP contribution in [-0.4, -0.2) is 20.0 Å². The summed E-state index contributed by atoms with van der Waals surface area (Å²) < 4.78 is 0. The number of rotatable bonds is 4. The maximum Gasteiger partial charge on any atom is 0.359 e. The van der Waals surface area contributed by atoms with Gasteiger partial charge in [-0.15, -0.1) is 0 Å². The van der Waals surface area contributed by atoms with Crippen LogP contribution in [0.4, 0.5) is 22.9 Å². The number of para-hydroxylation sites is 1. The minimum atomic E-state index is -0.781. The van der Waals surface area contributed by atoms with Crippen molar-refractivity contribution in [3.8, 4) is 0 Å². The molecule has 9 heteroatoms. The Labute approximate surface area is 122 Å². The van der Waals surface area contributed by atoms with Crippen LogP contribution in [0.25, 0.3) is 10.9 Å². The summed E-state index contributed by atoms with van der Waals surface area (Å²) in [5.74, 6) is 0.164. The molecule has 0 fully saturated rings. The molecule has 0 aliphatic rings. The van der Waals surface area contributed by atoms with Crippen LogP contribution < -0.4 is 5.32 Å². The number of nitro benzene ring substituents is 2. The monoisotopic (exact) mass is 299 g/mol. The summed E-state index contributed by atoms with van der Waals surface area (Å²) in [7, 11) is 0. The molecular formula is C13H9N5O4. The maximum atomic E-state index is 11.3. The molecule has 0 saturated heterocycles. The first-order valence-corrected chi connectivity index (χ1v) is 6.20. The Kier molecular flexibility index (Phi) is 3.14. The Hall–Kier alpha value is -3.49. The Balaban J connectivity index is 2.22. The van der Waals surface area contributed by atoms with Crippen LogP contribution >= 0.6 is 0 Å². The third kappa shape index (κ3) is 2.20. The number of anilines is 2. The van der Waals surface area contributed by atoms with Crippen molar-refractivity contribution >= 4 is 33.8 Å². The van der Waals surface area contributed by atoms with E-state index in [9.17, 15) is 20.2 Å². The molecule has 0 unspecified atom stereocenters. The van der Waals surface area contributed by atoms with Crippen molar-refractivity contribution < 1.29 is 9.85 Å². The summed E-state index contributed by atoms with van der Waals surface area (Å²) in [6.07, 6.45) is 0. The highest BCUT2D eigenvalue weighted by Gasteiger charge is 2.30. The van der Waals surface area contributed by atoms with Gasteiger partial charge in [-0.2, -0.15) is 5.10 Å². The quantitative estimate of drug-likeness (QED) is 0.562. The number of benzene rings is 2. The van der Waals surface area contributed by atoms with E-state index in [-0.39, 0.29) is 11.2 Å². The minimum absolute atomic E-state index is 0.0723. The zero-order valence-corrected chi connectivity index (χ0v) is 11.0. The normalized spacial score (nSPS) is 10.5. The van der Waals surface area contributed by atoms with E-state index in [1.807, 2.05) is 6.07 Å². The fourth-order valence-corrected chi connectivity index (χ4v) is 2.17. The number of H-pyrrole nitrogens is 1. The van der Waals surface area contributed by atoms with Gasteiger partial charge in [-0.05, 0) is 18.2 Å². The number of nitrogens with one attached hydrogen (secondary N) is 2. The largest absolute Gasteiger partial charge is 0.359 e. The molecule has 3 aromatic rings. The molecule has 0 atom stereocenters. The molecule has 1 heterocycles. The fraction of sp³-hybridized carbons (Fsp3) is 0. The van der Waals surface area contributed by atoms with E-state index in [1.54, 1.807) is 24.3 Å². The second-order valence-corrected chi connectivity index (χ2v) is 4.43. The number of fused-ring (bicyclic) bond motifs is 1. The van der Waals surface area contributed by atoms with Crippen molar-refractivity contribution in [3.05, 3.63) is 62.7 Å². The molecule has 9 nitrogen and oxygen atoms in total. The maximum absolute atomic E-state index is 11.3. The highest BCUT2D eigenvalue weighted by Crippen LogP contribution is 2.38. The van der Waals surface area contributed by atoms with E-state index < -0.39 is 21.2 Å². The second-order valence-electron chi connectivity index (χ2n) is 4.43. The number of aromatic amines is 1. The van der Waals surface area contributed by atoms with E-state index in [1.165, 1.54) is 6.07 Å². The van der Waals surface area contributed by atoms with Gasteiger partial charge in [0.2, 0.25) is 0 Å². The van der Waals surface area contributed by atoms with Gasteiger partial charge in [-0.1, -0.05) is 18.2 Å². The van der Waals surface area contributed by atoms with Gasteiger partial charge in [-0.25, -0.2) is 0 Å². The molecule has 0 aliphatic heterocycles. The zero-order valence-electron chi connectivity index (χ0n) is 11.0. The smallest absolute Gasteiger partial charge is 0.338 e. The van der Waals surface area contributed by atoms with Crippen LogP contribution in [0.2, 0.25) is 0 Å². The summed E-state index contributed by atoms with van der Waals surface area (Å²) in [6.45, 7) is 0. The first-order valence-electron chi connectivity index (χ1n) is 6.20. The van der Waals surface area contributed by atoms with Crippen LogP contribution in [0.1, 0.15) is 0 Å². The van der Waals surface area contributed by atoms with Crippen LogP contribution in [0.3, 0.4) is 0 Å². The number of nitrogens with zero attached hydrogens (tertiary/aromatic N) is 3. The molecular weight excluding hydrogens is 290 g/mol. The lowest BCUT2D eigenvalue weighted by molar-refractivity contribution is -0.421. The Morgan fingerprint density at radius 2 is 1.73 bits per heavy atom. The zero-order chi connectivity index (χ0) is 15.7. The van der Waals surface area contributed by atoms with Crippen molar-refractivity contribution in [1.29, 1.82) is 0 Å². The molecule has 0 aliphatic carbocycles. The van der Waals surface area contributed by atoms with Crippen molar-refractivity contribution in [2.24, 2.45) is 0 Å². The lowest BCUT2D eigenvalue weighted by Gasteiger charge is -2.03. The van der Waals surface area contributed by atoms with Crippen molar-refractivity contribution in [3.63, 3.8) is 0 Å². The predicted molar refractivity (Wildman–Crippen MR) is 79.1 cm³/mol. The van der Waals surface area contributed by atoms with E-state index in [0.29, 0.717) is 11.2 Å².